The van der Waals surface area contributed by atoms with Crippen LogP contribution < -0.4 is 10.6 Å². The normalized spacial score (nSPS) is 18.5. The molecule has 0 radical (unpaired) electrons. The summed E-state index contributed by atoms with van der Waals surface area (Å²) in [5.74, 6) is 3.12. The molecule has 9 rings (SSSR count). The maximum Gasteiger partial charge on any atom is 0.408 e. The van der Waals surface area contributed by atoms with Crippen molar-refractivity contribution < 1.29 is 28.7 Å². The number of imidazole rings is 2. The second-order valence-electron chi connectivity index (χ2n) is 18.1. The predicted octanol–water partition coefficient (Wildman–Crippen LogP) is 9.43. The molecule has 1 unspecified atom stereocenters. The molecule has 0 aliphatic carbocycles. The van der Waals surface area contributed by atoms with Crippen molar-refractivity contribution in [3.05, 3.63) is 121 Å². The van der Waals surface area contributed by atoms with Gasteiger partial charge in [0.25, 0.3) is 0 Å². The van der Waals surface area contributed by atoms with E-state index in [1.807, 2.05) is 78.1 Å². The van der Waals surface area contributed by atoms with Gasteiger partial charge in [0.05, 0.1) is 43.0 Å². The number of likely N-dealkylation sites (tertiary alicyclic amines) is 2. The number of nitrogens with zero attached hydrogens (tertiary/aromatic N) is 4. The third kappa shape index (κ3) is 10.2. The van der Waals surface area contributed by atoms with Crippen LogP contribution in [0.4, 0.5) is 9.59 Å². The van der Waals surface area contributed by atoms with Gasteiger partial charge < -0.3 is 39.9 Å². The summed E-state index contributed by atoms with van der Waals surface area (Å²) in [5.41, 5.74) is 6.80. The van der Waals surface area contributed by atoms with Gasteiger partial charge in [-0.15, -0.1) is 0 Å². The number of H-pyrrole nitrogens is 2. The van der Waals surface area contributed by atoms with Gasteiger partial charge in [0.2, 0.25) is 11.8 Å². The maximum atomic E-state index is 14.4. The summed E-state index contributed by atoms with van der Waals surface area (Å²) in [4.78, 5) is 73.4. The number of ether oxygens (including phenoxy) is 2. The number of hydrogen-bond acceptors (Lipinski definition) is 9. The molecule has 4 aromatic carbocycles. The molecule has 2 aromatic heterocycles. The van der Waals surface area contributed by atoms with Gasteiger partial charge in [-0.3, -0.25) is 9.59 Å². The summed E-state index contributed by atoms with van der Waals surface area (Å²) < 4.78 is 10.4. The number of hydrogen-bond donors (Lipinski definition) is 4. The molecule has 4 atom stereocenters. The Balaban J connectivity index is 0.850. The molecule has 0 saturated carbocycles. The molecule has 3 aliphatic rings. The average molecular weight is 923 g/mol. The van der Waals surface area contributed by atoms with Crippen LogP contribution in [0.5, 0.6) is 0 Å². The van der Waals surface area contributed by atoms with E-state index in [-0.39, 0.29) is 42.3 Å². The van der Waals surface area contributed by atoms with Crippen LogP contribution in [-0.2, 0) is 25.7 Å². The minimum absolute atomic E-state index is 0.0408. The molecule has 3 aliphatic heterocycles. The van der Waals surface area contributed by atoms with Crippen LogP contribution in [0, 0.1) is 11.8 Å². The van der Waals surface area contributed by atoms with Crippen LogP contribution in [0.3, 0.4) is 0 Å². The number of aromatic nitrogens is 4. The minimum Gasteiger partial charge on any atom is -0.453 e. The van der Waals surface area contributed by atoms with Crippen molar-refractivity contribution in [1.29, 1.82) is 0 Å². The molecule has 3 saturated heterocycles. The van der Waals surface area contributed by atoms with E-state index in [0.717, 1.165) is 112 Å². The highest BCUT2D eigenvalue weighted by Crippen LogP contribution is 2.37. The first kappa shape index (κ1) is 45.5. The van der Waals surface area contributed by atoms with Crippen molar-refractivity contribution >= 4 is 46.5 Å². The van der Waals surface area contributed by atoms with Crippen molar-refractivity contribution in [2.75, 3.05) is 31.7 Å². The van der Waals surface area contributed by atoms with Crippen molar-refractivity contribution in [3.8, 4) is 33.6 Å². The molecule has 14 nitrogen and oxygen atoms in total. The van der Waals surface area contributed by atoms with Crippen molar-refractivity contribution in [1.82, 2.24) is 40.4 Å². The van der Waals surface area contributed by atoms with Gasteiger partial charge in [-0.1, -0.05) is 92.7 Å². The number of amides is 4. The summed E-state index contributed by atoms with van der Waals surface area (Å²) >= 11 is 1.89. The van der Waals surface area contributed by atoms with Gasteiger partial charge in [0, 0.05) is 18.7 Å². The topological polar surface area (TPSA) is 175 Å². The second kappa shape index (κ2) is 20.5. The number of carbonyl (C=O) groups is 4. The lowest BCUT2D eigenvalue weighted by Gasteiger charge is -2.34. The fraction of sp³-hybridized carbons (Fsp3) is 0.385. The van der Waals surface area contributed by atoms with E-state index >= 15 is 0 Å². The predicted molar refractivity (Wildman–Crippen MR) is 260 cm³/mol. The molecule has 15 heteroatoms. The zero-order valence-electron chi connectivity index (χ0n) is 38.2. The lowest BCUT2D eigenvalue weighted by atomic mass is 9.92. The summed E-state index contributed by atoms with van der Waals surface area (Å²) in [5, 5.41) is 7.89. The summed E-state index contributed by atoms with van der Waals surface area (Å²) in [6.45, 7) is 5.15. The van der Waals surface area contributed by atoms with E-state index < -0.39 is 24.3 Å². The number of fused-ring (bicyclic) bond motifs is 1. The van der Waals surface area contributed by atoms with Gasteiger partial charge in [-0.25, -0.2) is 19.6 Å². The van der Waals surface area contributed by atoms with Crippen molar-refractivity contribution in [2.24, 2.45) is 11.8 Å². The van der Waals surface area contributed by atoms with E-state index in [1.165, 1.54) is 7.11 Å². The number of rotatable bonds is 13. The molecular formula is C52H58N8O6S. The Bertz CT molecular complexity index is 2700. The molecule has 6 aromatic rings. The Labute approximate surface area is 395 Å². The Hall–Kier alpha value is -6.61. The zero-order chi connectivity index (χ0) is 46.4. The van der Waals surface area contributed by atoms with Crippen LogP contribution >= 0.6 is 11.8 Å². The largest absolute Gasteiger partial charge is 0.453 e. The lowest BCUT2D eigenvalue weighted by Crippen LogP contribution is -2.53. The Morgan fingerprint density at radius 3 is 1.88 bits per heavy atom. The molecule has 5 heterocycles. The fourth-order valence-electron chi connectivity index (χ4n) is 9.75. The lowest BCUT2D eigenvalue weighted by molar-refractivity contribution is -0.136. The average Bonchev–Trinajstić information content (AvgIpc) is 4.22. The first-order valence-corrected chi connectivity index (χ1v) is 24.5. The summed E-state index contributed by atoms with van der Waals surface area (Å²) in [6.07, 6.45) is 7.46. The number of nitrogens with one attached hydrogen (secondary N) is 4. The van der Waals surface area contributed by atoms with Gasteiger partial charge in [-0.05, 0) is 107 Å². The Morgan fingerprint density at radius 1 is 0.687 bits per heavy atom. The summed E-state index contributed by atoms with van der Waals surface area (Å²) in [6, 6.07) is 29.0. The number of benzene rings is 4. The second-order valence-corrected chi connectivity index (χ2v) is 19.3. The van der Waals surface area contributed by atoms with Gasteiger partial charge in [-0.2, -0.15) is 11.8 Å². The van der Waals surface area contributed by atoms with E-state index in [4.69, 9.17) is 19.4 Å². The molecule has 4 N–H and O–H groups in total. The number of alkyl carbamates (subject to hydrolysis) is 2. The highest BCUT2D eigenvalue weighted by atomic mass is 32.2. The third-order valence-electron chi connectivity index (χ3n) is 13.5. The van der Waals surface area contributed by atoms with E-state index in [9.17, 15) is 19.2 Å². The molecule has 4 amide bonds. The number of carbonyl (C=O) groups excluding carboxylic acids is 4. The molecular weight excluding hydrogens is 865 g/mol. The molecule has 0 bridgehead atoms. The molecule has 0 spiro atoms. The van der Waals surface area contributed by atoms with Crippen LogP contribution in [0.2, 0.25) is 0 Å². The Morgan fingerprint density at radius 2 is 1.25 bits per heavy atom. The van der Waals surface area contributed by atoms with E-state index in [0.29, 0.717) is 13.1 Å². The Kier molecular flexibility index (Phi) is 13.9. The number of methoxy groups -OCH3 is 1. The molecule has 348 valence electrons. The van der Waals surface area contributed by atoms with Crippen LogP contribution in [0.15, 0.2) is 103 Å². The summed E-state index contributed by atoms with van der Waals surface area (Å²) in [7, 11) is 1.30. The first-order chi connectivity index (χ1) is 32.6. The quantitative estimate of drug-likeness (QED) is 0.0880. The third-order valence-corrected chi connectivity index (χ3v) is 14.5. The molecule has 67 heavy (non-hydrogen) atoms. The fourth-order valence-corrected chi connectivity index (χ4v) is 10.9. The highest BCUT2D eigenvalue weighted by Gasteiger charge is 2.41. The van der Waals surface area contributed by atoms with Gasteiger partial charge in [0.1, 0.15) is 30.3 Å². The zero-order valence-corrected chi connectivity index (χ0v) is 39.0. The highest BCUT2D eigenvalue weighted by molar-refractivity contribution is 7.99. The number of thioether (sulfide) groups is 1. The smallest absolute Gasteiger partial charge is 0.408 e. The van der Waals surface area contributed by atoms with Gasteiger partial charge >= 0.3 is 12.2 Å². The van der Waals surface area contributed by atoms with Crippen molar-refractivity contribution in [2.45, 2.75) is 83.1 Å². The monoisotopic (exact) mass is 922 g/mol. The van der Waals surface area contributed by atoms with Crippen molar-refractivity contribution in [3.63, 3.8) is 0 Å². The maximum absolute atomic E-state index is 14.4. The van der Waals surface area contributed by atoms with Crippen LogP contribution in [0.1, 0.15) is 81.7 Å². The van der Waals surface area contributed by atoms with Gasteiger partial charge in [0.15, 0.2) is 0 Å². The number of aromatic amines is 2. The molecule has 3 fully saturated rings. The first-order valence-electron chi connectivity index (χ1n) is 23.4. The van der Waals surface area contributed by atoms with Crippen LogP contribution in [-0.4, -0.2) is 97.5 Å². The SMILES string of the molecule is COC(=O)NC(C(=O)N1CCC[C@H]1c1ncc(-c2ccc3cc(-c4ccc(-c5cnc([C@@H]6CCCN6C(=O)[C@@H](NC(=O)OCc6ccccc6)C6CCSCC6)[nH]5)cc4)ccc3c2)[nH]1)C(C)C. The van der Waals surface area contributed by atoms with E-state index in [1.54, 1.807) is 0 Å². The standard InChI is InChI=1S/C52H58N8O6S/c1-32(2)45(57-51(63)65-3)49(61)59-23-7-11-43(59)48-54-30-42(56-48)40-20-19-38-27-37(17-18-39(38)28-40)34-13-15-35(16-14-34)41-29-53-47(55-41)44-12-8-24-60(44)50(62)46(36-21-25-67-26-22-36)58-52(64)66-31-33-9-5-4-6-10-33/h4-6,9-10,13-20,27-30,32,36,43-46H,7-8,11-12,21-26,31H2,1-3H3,(H,53,55)(H,54,56)(H,57,63)(H,58,64)/t43-,44-,45?,46-/m0/s1. The van der Waals surface area contributed by atoms with E-state index in [2.05, 4.69) is 81.3 Å². The van der Waals surface area contributed by atoms with Crippen LogP contribution in [0.25, 0.3) is 44.4 Å². The minimum atomic E-state index is -0.691.